The number of thiol groups is 1. The van der Waals surface area contributed by atoms with Gasteiger partial charge in [-0.3, -0.25) is 4.79 Å². The van der Waals surface area contributed by atoms with E-state index in [2.05, 4.69) is 12.6 Å². The summed E-state index contributed by atoms with van der Waals surface area (Å²) in [5, 5.41) is 8.22. The van der Waals surface area contributed by atoms with Crippen LogP contribution in [0, 0.1) is 5.41 Å². The van der Waals surface area contributed by atoms with Gasteiger partial charge in [0.2, 0.25) is 0 Å². The van der Waals surface area contributed by atoms with E-state index in [1.54, 1.807) is 0 Å². The predicted octanol–water partition coefficient (Wildman–Crippen LogP) is 2.28. The van der Waals surface area contributed by atoms with Crippen molar-refractivity contribution in [1.82, 2.24) is 0 Å². The normalized spacial score (nSPS) is 29.6. The Balaban J connectivity index is 2.89. The molecule has 1 aliphatic carbocycles. The number of hydrogen-bond acceptors (Lipinski definition) is 2. The van der Waals surface area contributed by atoms with Crippen LogP contribution in [0.5, 0.6) is 0 Å². The Morgan fingerprint density at radius 3 is 2.85 bits per heavy atom. The first-order chi connectivity index (χ1) is 5.96. The Bertz CT molecular complexity index is 281. The molecule has 0 aromatic heterocycles. The van der Waals surface area contributed by atoms with Crippen molar-refractivity contribution in [3.8, 4) is 0 Å². The SMILES string of the molecule is CC1=CC(C)(C(S)C(=O)O)CC=C1. The van der Waals surface area contributed by atoms with Crippen LogP contribution >= 0.6 is 12.6 Å². The Morgan fingerprint density at radius 2 is 2.38 bits per heavy atom. The summed E-state index contributed by atoms with van der Waals surface area (Å²) in [6.45, 7) is 3.89. The summed E-state index contributed by atoms with van der Waals surface area (Å²) < 4.78 is 0. The Labute approximate surface area is 83.7 Å². The van der Waals surface area contributed by atoms with Crippen LogP contribution in [0.1, 0.15) is 20.3 Å². The van der Waals surface area contributed by atoms with Crippen LogP contribution in [-0.4, -0.2) is 16.3 Å². The van der Waals surface area contributed by atoms with Gasteiger partial charge in [-0.2, -0.15) is 12.6 Å². The summed E-state index contributed by atoms with van der Waals surface area (Å²) in [5.41, 5.74) is 0.752. The monoisotopic (exact) mass is 198 g/mol. The fraction of sp³-hybridized carbons (Fsp3) is 0.500. The van der Waals surface area contributed by atoms with Crippen LogP contribution < -0.4 is 0 Å². The minimum absolute atomic E-state index is 0.353. The summed E-state index contributed by atoms with van der Waals surface area (Å²) in [6.07, 6.45) is 6.73. The van der Waals surface area contributed by atoms with E-state index in [1.165, 1.54) is 0 Å². The third-order valence-electron chi connectivity index (χ3n) is 2.35. The van der Waals surface area contributed by atoms with Crippen molar-refractivity contribution in [1.29, 1.82) is 0 Å². The molecule has 2 atom stereocenters. The van der Waals surface area contributed by atoms with Gasteiger partial charge >= 0.3 is 5.97 Å². The number of allylic oxidation sites excluding steroid dienone is 4. The Hall–Kier alpha value is -0.700. The molecule has 1 rings (SSSR count). The van der Waals surface area contributed by atoms with E-state index >= 15 is 0 Å². The zero-order valence-electron chi connectivity index (χ0n) is 7.82. The number of carbonyl (C=O) groups is 1. The van der Waals surface area contributed by atoms with Crippen molar-refractivity contribution in [2.45, 2.75) is 25.5 Å². The van der Waals surface area contributed by atoms with E-state index in [0.29, 0.717) is 0 Å². The third-order valence-corrected chi connectivity index (χ3v) is 3.17. The molecule has 0 heterocycles. The Morgan fingerprint density at radius 1 is 1.77 bits per heavy atom. The number of aliphatic carboxylic acids is 1. The van der Waals surface area contributed by atoms with Gasteiger partial charge in [-0.05, 0) is 13.3 Å². The van der Waals surface area contributed by atoms with Crippen molar-refractivity contribution >= 4 is 18.6 Å². The summed E-state index contributed by atoms with van der Waals surface area (Å²) >= 11 is 4.12. The molecule has 0 bridgehead atoms. The molecule has 0 aromatic rings. The molecule has 0 amide bonds. The first-order valence-corrected chi connectivity index (χ1v) is 4.74. The molecule has 0 aromatic carbocycles. The zero-order valence-corrected chi connectivity index (χ0v) is 8.71. The lowest BCUT2D eigenvalue weighted by molar-refractivity contribution is -0.138. The summed E-state index contributed by atoms with van der Waals surface area (Å²) in [7, 11) is 0. The highest BCUT2D eigenvalue weighted by atomic mass is 32.1. The van der Waals surface area contributed by atoms with Crippen molar-refractivity contribution < 1.29 is 9.90 Å². The molecule has 0 saturated carbocycles. The van der Waals surface area contributed by atoms with E-state index in [-0.39, 0.29) is 5.41 Å². The second kappa shape index (κ2) is 3.58. The molecule has 1 aliphatic rings. The highest BCUT2D eigenvalue weighted by Crippen LogP contribution is 2.36. The van der Waals surface area contributed by atoms with Gasteiger partial charge in [-0.1, -0.05) is 30.7 Å². The molecular formula is C10H14O2S. The van der Waals surface area contributed by atoms with Crippen LogP contribution in [0.2, 0.25) is 0 Å². The molecule has 2 nitrogen and oxygen atoms in total. The first kappa shape index (κ1) is 10.4. The van der Waals surface area contributed by atoms with Crippen molar-refractivity contribution in [2.24, 2.45) is 5.41 Å². The fourth-order valence-electron chi connectivity index (χ4n) is 1.60. The maximum atomic E-state index is 10.8. The largest absolute Gasteiger partial charge is 0.480 e. The zero-order chi connectivity index (χ0) is 10.1. The molecule has 13 heavy (non-hydrogen) atoms. The van der Waals surface area contributed by atoms with E-state index in [9.17, 15) is 4.79 Å². The number of carboxylic acids is 1. The summed E-state index contributed by atoms with van der Waals surface area (Å²) in [6, 6.07) is 0. The molecule has 0 saturated heterocycles. The van der Waals surface area contributed by atoms with Crippen LogP contribution in [0.25, 0.3) is 0 Å². The van der Waals surface area contributed by atoms with Crippen LogP contribution in [-0.2, 0) is 4.79 Å². The lowest BCUT2D eigenvalue weighted by Gasteiger charge is -2.31. The molecule has 3 heteroatoms. The van der Waals surface area contributed by atoms with Gasteiger partial charge in [-0.15, -0.1) is 0 Å². The highest BCUT2D eigenvalue weighted by molar-refractivity contribution is 7.81. The van der Waals surface area contributed by atoms with Gasteiger partial charge < -0.3 is 5.11 Å². The minimum atomic E-state index is -0.856. The Kier molecular flexibility index (Phi) is 2.86. The minimum Gasteiger partial charge on any atom is -0.480 e. The maximum absolute atomic E-state index is 10.8. The molecule has 0 spiro atoms. The van der Waals surface area contributed by atoms with Gasteiger partial charge in [0.05, 0.1) is 0 Å². The molecule has 0 radical (unpaired) electrons. The van der Waals surface area contributed by atoms with Gasteiger partial charge in [-0.25, -0.2) is 0 Å². The quantitative estimate of drug-likeness (QED) is 0.668. The first-order valence-electron chi connectivity index (χ1n) is 4.22. The smallest absolute Gasteiger partial charge is 0.317 e. The van der Waals surface area contributed by atoms with E-state index in [1.807, 2.05) is 32.1 Å². The summed E-state index contributed by atoms with van der Waals surface area (Å²) in [4.78, 5) is 10.8. The molecular weight excluding hydrogens is 184 g/mol. The predicted molar refractivity (Wildman–Crippen MR) is 56.0 cm³/mol. The topological polar surface area (TPSA) is 37.3 Å². The molecule has 1 N–H and O–H groups in total. The van der Waals surface area contributed by atoms with E-state index in [4.69, 9.17) is 5.11 Å². The van der Waals surface area contributed by atoms with Gasteiger partial charge in [0.1, 0.15) is 5.25 Å². The van der Waals surface area contributed by atoms with Gasteiger partial charge in [0.15, 0.2) is 0 Å². The number of carboxylic acid groups (broad SMARTS) is 1. The molecule has 0 fully saturated rings. The van der Waals surface area contributed by atoms with Gasteiger partial charge in [0, 0.05) is 5.41 Å². The van der Waals surface area contributed by atoms with Crippen LogP contribution in [0.15, 0.2) is 23.8 Å². The third kappa shape index (κ3) is 2.15. The average molecular weight is 198 g/mol. The standard InChI is InChI=1S/C10H14O2S/c1-7-4-3-5-10(2,6-7)8(13)9(11)12/h3-4,6,8,13H,5H2,1-2H3,(H,11,12). The van der Waals surface area contributed by atoms with E-state index in [0.717, 1.165) is 12.0 Å². The molecule has 72 valence electrons. The summed E-state index contributed by atoms with van der Waals surface area (Å²) in [5.74, 6) is -0.856. The number of hydrogen-bond donors (Lipinski definition) is 2. The number of rotatable bonds is 2. The lowest BCUT2D eigenvalue weighted by atomic mass is 9.78. The van der Waals surface area contributed by atoms with E-state index < -0.39 is 11.2 Å². The maximum Gasteiger partial charge on any atom is 0.317 e. The van der Waals surface area contributed by atoms with Crippen LogP contribution in [0.4, 0.5) is 0 Å². The van der Waals surface area contributed by atoms with Crippen molar-refractivity contribution in [3.63, 3.8) is 0 Å². The fourth-order valence-corrected chi connectivity index (χ4v) is 1.78. The second-order valence-corrected chi connectivity index (χ2v) is 4.26. The second-order valence-electron chi connectivity index (χ2n) is 3.74. The van der Waals surface area contributed by atoms with Crippen molar-refractivity contribution in [3.05, 3.63) is 23.8 Å². The molecule has 2 unspecified atom stereocenters. The van der Waals surface area contributed by atoms with Crippen molar-refractivity contribution in [2.75, 3.05) is 0 Å². The highest BCUT2D eigenvalue weighted by Gasteiger charge is 2.34. The average Bonchev–Trinajstić information content (AvgIpc) is 2.02. The van der Waals surface area contributed by atoms with Gasteiger partial charge in [0.25, 0.3) is 0 Å². The molecule has 0 aliphatic heterocycles. The van der Waals surface area contributed by atoms with Crippen LogP contribution in [0.3, 0.4) is 0 Å². The lowest BCUT2D eigenvalue weighted by Crippen LogP contribution is -2.33.